The fraction of sp³-hybridized carbons (Fsp3) is 0.667. The van der Waals surface area contributed by atoms with Crippen LogP contribution in [0.1, 0.15) is 39.1 Å². The average molecular weight is 265 g/mol. The van der Waals surface area contributed by atoms with Gasteiger partial charge in [-0.05, 0) is 20.3 Å². The number of nitrogens with one attached hydrogen (secondary N) is 1. The van der Waals surface area contributed by atoms with E-state index in [0.717, 1.165) is 0 Å². The van der Waals surface area contributed by atoms with Crippen molar-refractivity contribution >= 4 is 11.8 Å². The van der Waals surface area contributed by atoms with Crippen molar-refractivity contribution in [1.82, 2.24) is 25.0 Å². The third-order valence-corrected chi connectivity index (χ3v) is 3.25. The van der Waals surface area contributed by atoms with Crippen LogP contribution in [0.3, 0.4) is 0 Å². The third-order valence-electron chi connectivity index (χ3n) is 3.25. The maximum absolute atomic E-state index is 12.0. The first-order valence-electron chi connectivity index (χ1n) is 6.50. The molecule has 2 amide bonds. The van der Waals surface area contributed by atoms with Crippen LogP contribution < -0.4 is 5.32 Å². The highest BCUT2D eigenvalue weighted by Gasteiger charge is 2.33. The summed E-state index contributed by atoms with van der Waals surface area (Å²) in [5.41, 5.74) is 0. The number of piperazine rings is 1. The van der Waals surface area contributed by atoms with Crippen molar-refractivity contribution < 1.29 is 9.59 Å². The van der Waals surface area contributed by atoms with E-state index in [2.05, 4.69) is 15.4 Å². The largest absolute Gasteiger partial charge is 0.345 e. The molecule has 19 heavy (non-hydrogen) atoms. The number of carbonyl (C=O) groups is 2. The Morgan fingerprint density at radius 1 is 1.47 bits per heavy atom. The van der Waals surface area contributed by atoms with Gasteiger partial charge in [-0.2, -0.15) is 5.10 Å². The number of hydrogen-bond acceptors (Lipinski definition) is 4. The Kier molecular flexibility index (Phi) is 3.82. The summed E-state index contributed by atoms with van der Waals surface area (Å²) in [4.78, 5) is 29.5. The molecule has 1 aromatic rings. The molecule has 1 aromatic heterocycles. The molecule has 0 bridgehead atoms. The lowest BCUT2D eigenvalue weighted by molar-refractivity contribution is -0.146. The van der Waals surface area contributed by atoms with Crippen LogP contribution in [0, 0.1) is 0 Å². The molecular formula is C12H19N5O2. The van der Waals surface area contributed by atoms with E-state index >= 15 is 0 Å². The van der Waals surface area contributed by atoms with Gasteiger partial charge in [-0.3, -0.25) is 9.59 Å². The van der Waals surface area contributed by atoms with Gasteiger partial charge >= 0.3 is 0 Å². The quantitative estimate of drug-likeness (QED) is 0.837. The second kappa shape index (κ2) is 5.38. The van der Waals surface area contributed by atoms with Crippen LogP contribution in [-0.2, 0) is 16.1 Å². The maximum atomic E-state index is 12.0. The van der Waals surface area contributed by atoms with Gasteiger partial charge in [0, 0.05) is 6.04 Å². The molecule has 1 atom stereocenters. The number of aromatic nitrogens is 3. The van der Waals surface area contributed by atoms with E-state index in [1.165, 1.54) is 6.33 Å². The smallest absolute Gasteiger partial charge is 0.243 e. The summed E-state index contributed by atoms with van der Waals surface area (Å²) in [6, 6.07) is -0.246. The van der Waals surface area contributed by atoms with E-state index in [-0.39, 0.29) is 24.4 Å². The maximum Gasteiger partial charge on any atom is 0.243 e. The molecule has 0 saturated carbocycles. The highest BCUT2D eigenvalue weighted by Crippen LogP contribution is 2.15. The SMILES string of the molecule is CCC1C(=O)NCC(=O)N1Cc1ncnn1C(C)C. The lowest BCUT2D eigenvalue weighted by Crippen LogP contribution is -2.57. The third kappa shape index (κ3) is 2.59. The van der Waals surface area contributed by atoms with Crippen molar-refractivity contribution in [3.63, 3.8) is 0 Å². The van der Waals surface area contributed by atoms with Gasteiger partial charge in [0.25, 0.3) is 0 Å². The highest BCUT2D eigenvalue weighted by atomic mass is 16.2. The highest BCUT2D eigenvalue weighted by molar-refractivity contribution is 5.94. The molecule has 2 rings (SSSR count). The topological polar surface area (TPSA) is 80.1 Å². The predicted molar refractivity (Wildman–Crippen MR) is 68.0 cm³/mol. The number of hydrogen-bond donors (Lipinski definition) is 1. The van der Waals surface area contributed by atoms with Gasteiger partial charge in [0.2, 0.25) is 11.8 Å². The molecule has 1 saturated heterocycles. The van der Waals surface area contributed by atoms with Crippen LogP contribution in [0.15, 0.2) is 6.33 Å². The Bertz CT molecular complexity index is 482. The van der Waals surface area contributed by atoms with Crippen LogP contribution in [-0.4, -0.2) is 44.1 Å². The van der Waals surface area contributed by atoms with Crippen molar-refractivity contribution in [2.75, 3.05) is 6.54 Å². The zero-order valence-corrected chi connectivity index (χ0v) is 11.5. The second-order valence-electron chi connectivity index (χ2n) is 4.88. The first-order chi connectivity index (χ1) is 9.04. The molecular weight excluding hydrogens is 246 g/mol. The van der Waals surface area contributed by atoms with Gasteiger partial charge in [-0.15, -0.1) is 0 Å². The van der Waals surface area contributed by atoms with Crippen LogP contribution in [0.2, 0.25) is 0 Å². The minimum atomic E-state index is -0.418. The molecule has 0 radical (unpaired) electrons. The minimum Gasteiger partial charge on any atom is -0.345 e. The Morgan fingerprint density at radius 3 is 2.84 bits per heavy atom. The molecule has 7 nitrogen and oxygen atoms in total. The number of rotatable bonds is 4. The summed E-state index contributed by atoms with van der Waals surface area (Å²) in [5.74, 6) is 0.527. The molecule has 104 valence electrons. The molecule has 0 aliphatic carbocycles. The van der Waals surface area contributed by atoms with Crippen LogP contribution >= 0.6 is 0 Å². The molecule has 1 unspecified atom stereocenters. The lowest BCUT2D eigenvalue weighted by atomic mass is 10.1. The molecule has 1 fully saturated rings. The summed E-state index contributed by atoms with van der Waals surface area (Å²) in [7, 11) is 0. The Hall–Kier alpha value is -1.92. The Balaban J connectivity index is 2.21. The molecule has 1 aliphatic heterocycles. The van der Waals surface area contributed by atoms with E-state index in [0.29, 0.717) is 18.8 Å². The van der Waals surface area contributed by atoms with Gasteiger partial charge in [-0.25, -0.2) is 9.67 Å². The zero-order valence-electron chi connectivity index (χ0n) is 11.5. The number of carbonyl (C=O) groups excluding carboxylic acids is 2. The molecule has 0 spiro atoms. The molecule has 2 heterocycles. The second-order valence-corrected chi connectivity index (χ2v) is 4.88. The van der Waals surface area contributed by atoms with Crippen molar-refractivity contribution in [2.24, 2.45) is 0 Å². The van der Waals surface area contributed by atoms with Gasteiger partial charge in [0.15, 0.2) is 0 Å². The average Bonchev–Trinajstić information content (AvgIpc) is 2.82. The minimum absolute atomic E-state index is 0.0607. The lowest BCUT2D eigenvalue weighted by Gasteiger charge is -2.34. The zero-order chi connectivity index (χ0) is 14.0. The molecule has 0 aromatic carbocycles. The number of amides is 2. The van der Waals surface area contributed by atoms with Gasteiger partial charge in [-0.1, -0.05) is 6.92 Å². The summed E-state index contributed by atoms with van der Waals surface area (Å²) < 4.78 is 1.77. The van der Waals surface area contributed by atoms with Crippen molar-refractivity contribution in [1.29, 1.82) is 0 Å². The normalized spacial score (nSPS) is 20.0. The van der Waals surface area contributed by atoms with E-state index < -0.39 is 6.04 Å². The van der Waals surface area contributed by atoms with Crippen molar-refractivity contribution in [3.8, 4) is 0 Å². The summed E-state index contributed by atoms with van der Waals surface area (Å²) in [6.07, 6.45) is 2.07. The van der Waals surface area contributed by atoms with Gasteiger partial charge in [0.1, 0.15) is 18.2 Å². The van der Waals surface area contributed by atoms with E-state index in [1.54, 1.807) is 9.58 Å². The fourth-order valence-corrected chi connectivity index (χ4v) is 2.27. The van der Waals surface area contributed by atoms with Gasteiger partial charge < -0.3 is 10.2 Å². The Labute approximate surface area is 112 Å². The summed E-state index contributed by atoms with van der Waals surface area (Å²) in [5, 5.41) is 6.75. The summed E-state index contributed by atoms with van der Waals surface area (Å²) in [6.45, 7) is 6.28. The van der Waals surface area contributed by atoms with E-state index in [9.17, 15) is 9.59 Å². The monoisotopic (exact) mass is 265 g/mol. The Morgan fingerprint density at radius 2 is 2.21 bits per heavy atom. The first-order valence-corrected chi connectivity index (χ1v) is 6.50. The van der Waals surface area contributed by atoms with Crippen LogP contribution in [0.25, 0.3) is 0 Å². The van der Waals surface area contributed by atoms with Crippen molar-refractivity contribution in [3.05, 3.63) is 12.2 Å². The fourth-order valence-electron chi connectivity index (χ4n) is 2.27. The molecule has 1 N–H and O–H groups in total. The van der Waals surface area contributed by atoms with Crippen LogP contribution in [0.4, 0.5) is 0 Å². The predicted octanol–water partition coefficient (Wildman–Crippen LogP) is 0.0960. The van der Waals surface area contributed by atoms with E-state index in [4.69, 9.17) is 0 Å². The summed E-state index contributed by atoms with van der Waals surface area (Å²) >= 11 is 0. The van der Waals surface area contributed by atoms with E-state index in [1.807, 2.05) is 20.8 Å². The number of nitrogens with zero attached hydrogens (tertiary/aromatic N) is 4. The van der Waals surface area contributed by atoms with Crippen molar-refractivity contribution in [2.45, 2.75) is 45.8 Å². The molecule has 7 heteroatoms. The molecule has 1 aliphatic rings. The van der Waals surface area contributed by atoms with Gasteiger partial charge in [0.05, 0.1) is 13.1 Å². The van der Waals surface area contributed by atoms with Crippen LogP contribution in [0.5, 0.6) is 0 Å². The standard InChI is InChI=1S/C12H19N5O2/c1-4-9-12(19)13-5-11(18)16(9)6-10-14-7-15-17(10)8(2)3/h7-9H,4-6H2,1-3H3,(H,13,19). The first kappa shape index (κ1) is 13.5.